The third-order valence-electron chi connectivity index (χ3n) is 8.23. The molecule has 8 nitrogen and oxygen atoms in total. The molecular weight excluding hydrogens is 747 g/mol. The van der Waals surface area contributed by atoms with Crippen molar-refractivity contribution in [3.05, 3.63) is 124 Å². The number of benzene rings is 4. The molecule has 53 heavy (non-hydrogen) atoms. The van der Waals surface area contributed by atoms with Crippen LogP contribution in [0.25, 0.3) is 16.0 Å². The van der Waals surface area contributed by atoms with Gasteiger partial charge in [-0.15, -0.1) is 0 Å². The van der Waals surface area contributed by atoms with E-state index >= 15 is 0 Å². The van der Waals surface area contributed by atoms with Gasteiger partial charge in [-0.05, 0) is 107 Å². The van der Waals surface area contributed by atoms with Crippen LogP contribution in [-0.2, 0) is 22.4 Å². The van der Waals surface area contributed by atoms with Crippen LogP contribution in [0.1, 0.15) is 88.2 Å². The molecule has 0 bridgehead atoms. The lowest BCUT2D eigenvalue weighted by Gasteiger charge is -2.07. The summed E-state index contributed by atoms with van der Waals surface area (Å²) in [5.41, 5.74) is 4.23. The Morgan fingerprint density at radius 3 is 1.57 bits per heavy atom. The van der Waals surface area contributed by atoms with E-state index in [9.17, 15) is 18.4 Å². The Kier molecular flexibility index (Phi) is 21.4. The van der Waals surface area contributed by atoms with Gasteiger partial charge in [0.15, 0.2) is 5.69 Å². The molecule has 0 spiro atoms. The van der Waals surface area contributed by atoms with Gasteiger partial charge in [0.05, 0.1) is 11.0 Å². The first kappa shape index (κ1) is 44.6. The number of carboxylic acid groups (broad SMARTS) is 2. The molecule has 0 aromatic heterocycles. The second kappa shape index (κ2) is 25.4. The van der Waals surface area contributed by atoms with Crippen molar-refractivity contribution in [1.29, 1.82) is 0 Å². The maximum absolute atomic E-state index is 14.4. The number of aromatic hydroxyl groups is 1. The smallest absolute Gasteiger partial charge is 0.488 e. The first-order chi connectivity index (χ1) is 25.4. The quantitative estimate of drug-likeness (QED) is 0.0384. The van der Waals surface area contributed by atoms with Crippen LogP contribution in [0.3, 0.4) is 0 Å². The fourth-order valence-corrected chi connectivity index (χ4v) is 5.52. The molecule has 0 unspecified atom stereocenters. The fraction of sp³-hybridized carbons (Fsp3) is 0.341. The van der Waals surface area contributed by atoms with Gasteiger partial charge in [0, 0.05) is 18.4 Å². The van der Waals surface area contributed by atoms with Crippen molar-refractivity contribution in [2.24, 2.45) is 0 Å². The summed E-state index contributed by atoms with van der Waals surface area (Å²) in [5, 5.41) is 43.0. The van der Waals surface area contributed by atoms with E-state index in [2.05, 4.69) is 20.8 Å². The maximum Gasteiger partial charge on any atom is 0.488 e. The molecule has 0 saturated carbocycles. The number of carbonyl (C=O) groups is 2. The highest BCUT2D eigenvalue weighted by molar-refractivity contribution is 9.10. The average Bonchev–Trinajstić information content (AvgIpc) is 3.13. The van der Waals surface area contributed by atoms with Gasteiger partial charge < -0.3 is 25.4 Å². The zero-order chi connectivity index (χ0) is 39.0. The normalized spacial score (nSPS) is 10.3. The van der Waals surface area contributed by atoms with Crippen molar-refractivity contribution in [3.63, 3.8) is 0 Å². The lowest BCUT2D eigenvalue weighted by atomic mass is 9.80. The Bertz CT molecular complexity index is 1730. The largest absolute Gasteiger partial charge is 0.508 e. The molecule has 0 amide bonds. The van der Waals surface area contributed by atoms with Gasteiger partial charge in [-0.25, -0.2) is 13.6 Å². The molecule has 5 N–H and O–H groups in total. The number of carboxylic acids is 2. The van der Waals surface area contributed by atoms with E-state index in [1.165, 1.54) is 24.3 Å². The predicted molar refractivity (Wildman–Crippen MR) is 208 cm³/mol. The van der Waals surface area contributed by atoms with E-state index in [0.29, 0.717) is 21.2 Å². The number of hydrogen-bond acceptors (Lipinski definition) is 5. The average molecular weight is 795 g/mol. The van der Waals surface area contributed by atoms with Gasteiger partial charge in [0.25, 0.3) is 0 Å². The molecule has 4 rings (SSSR count). The Balaban J connectivity index is 0.000000302. The van der Waals surface area contributed by atoms with Gasteiger partial charge in [-0.1, -0.05) is 93.1 Å². The zero-order valence-corrected chi connectivity index (χ0v) is 31.3. The molecule has 0 aliphatic heterocycles. The van der Waals surface area contributed by atoms with Crippen molar-refractivity contribution < 1.29 is 43.7 Å². The second-order valence-electron chi connectivity index (χ2n) is 12.5. The third-order valence-corrected chi connectivity index (χ3v) is 8.87. The number of phenols is 1. The van der Waals surface area contributed by atoms with E-state index in [1.54, 1.807) is 48.5 Å². The van der Waals surface area contributed by atoms with Crippen molar-refractivity contribution in [2.75, 3.05) is 0 Å². The summed E-state index contributed by atoms with van der Waals surface area (Å²) in [6.07, 6.45) is 11.7. The second-order valence-corrected chi connectivity index (χ2v) is 13.4. The van der Waals surface area contributed by atoms with Crippen LogP contribution in [0.2, 0.25) is 0 Å². The van der Waals surface area contributed by atoms with Crippen molar-refractivity contribution in [3.8, 4) is 16.9 Å². The molecule has 0 aliphatic carbocycles. The highest BCUT2D eigenvalue weighted by Gasteiger charge is 2.09. The van der Waals surface area contributed by atoms with Crippen LogP contribution in [0.15, 0.2) is 89.4 Å². The summed E-state index contributed by atoms with van der Waals surface area (Å²) in [6.45, 7) is 6.95. The molecule has 0 aliphatic rings. The lowest BCUT2D eigenvalue weighted by molar-refractivity contribution is -0.138. The molecule has 0 saturated heterocycles. The highest BCUT2D eigenvalue weighted by Crippen LogP contribution is 2.26. The van der Waals surface area contributed by atoms with Crippen LogP contribution in [-0.4, -0.2) is 44.4 Å². The van der Waals surface area contributed by atoms with Crippen LogP contribution in [0.4, 0.5) is 14.5 Å². The van der Waals surface area contributed by atoms with E-state index in [-0.39, 0.29) is 30.2 Å². The Hall–Kier alpha value is -4.57. The number of phenolic OH excluding ortho intramolecular Hbond substituents is 1. The summed E-state index contributed by atoms with van der Waals surface area (Å²) in [5.74, 6) is -1.80. The van der Waals surface area contributed by atoms with Crippen LogP contribution < -0.4 is 5.46 Å². The monoisotopic (exact) mass is 793 g/mol. The summed E-state index contributed by atoms with van der Waals surface area (Å²) in [4.78, 5) is 24.0. The number of rotatable bonds is 18. The van der Waals surface area contributed by atoms with Crippen molar-refractivity contribution >= 4 is 46.1 Å². The van der Waals surface area contributed by atoms with Gasteiger partial charge in [0.1, 0.15) is 17.4 Å². The number of unbranched alkanes of at least 4 members (excludes halogenated alkanes) is 8. The first-order valence-electron chi connectivity index (χ1n) is 17.7. The minimum absolute atomic E-state index is 0.115. The van der Waals surface area contributed by atoms with Crippen LogP contribution >= 0.6 is 15.9 Å². The lowest BCUT2D eigenvalue weighted by Crippen LogP contribution is -2.29. The first-order valence-corrected chi connectivity index (χ1v) is 18.5. The minimum atomic E-state index is -1.46. The zero-order valence-electron chi connectivity index (χ0n) is 29.7. The van der Waals surface area contributed by atoms with E-state index in [4.69, 9.17) is 31.9 Å². The fourth-order valence-electron chi connectivity index (χ4n) is 5.28. The number of nitrogens with zero attached hydrogens (tertiary/aromatic N) is 1. The van der Waals surface area contributed by atoms with E-state index < -0.39 is 19.1 Å². The van der Waals surface area contributed by atoms with Crippen molar-refractivity contribution in [2.45, 2.75) is 89.9 Å². The molecule has 4 aromatic rings. The SMILES string of the molecule is O=C(O)CCCCCCCc1ccc(Br)c(F)c1.OB(O)c1ccc(O)cc1.[C-]#[N+]c1ccc(-c2ccc(CCCCCCCC(=O)O)cc2F)cc1. The van der Waals surface area contributed by atoms with Gasteiger partial charge >= 0.3 is 19.1 Å². The summed E-state index contributed by atoms with van der Waals surface area (Å²) in [7, 11) is -1.46. The highest BCUT2D eigenvalue weighted by atomic mass is 79.9. The van der Waals surface area contributed by atoms with Gasteiger partial charge in [0.2, 0.25) is 0 Å². The number of hydrogen-bond donors (Lipinski definition) is 5. The Labute approximate surface area is 319 Å². The summed E-state index contributed by atoms with van der Waals surface area (Å²) >= 11 is 3.13. The van der Waals surface area contributed by atoms with Crippen LogP contribution in [0, 0.1) is 18.2 Å². The molecule has 0 fully saturated rings. The molecule has 0 atom stereocenters. The molecule has 0 radical (unpaired) electrons. The molecule has 0 heterocycles. The molecular formula is C41H47BBrF2NO7. The van der Waals surface area contributed by atoms with Gasteiger partial charge in [-0.3, -0.25) is 9.59 Å². The maximum atomic E-state index is 14.4. The molecule has 12 heteroatoms. The third kappa shape index (κ3) is 19.2. The Morgan fingerprint density at radius 2 is 1.11 bits per heavy atom. The van der Waals surface area contributed by atoms with E-state index in [1.807, 2.05) is 12.1 Å². The summed E-state index contributed by atoms with van der Waals surface area (Å²) in [6, 6.07) is 23.2. The van der Waals surface area contributed by atoms with Crippen molar-refractivity contribution in [1.82, 2.24) is 0 Å². The van der Waals surface area contributed by atoms with E-state index in [0.717, 1.165) is 93.7 Å². The minimum Gasteiger partial charge on any atom is -0.508 e. The number of aryl methyl sites for hydroxylation is 2. The Morgan fingerprint density at radius 1 is 0.642 bits per heavy atom. The predicted octanol–water partition coefficient (Wildman–Crippen LogP) is 9.64. The number of halogens is 3. The number of aliphatic carboxylic acids is 2. The standard InChI is InChI=1S/C21H22FNO2.C14H18BrFO2.C6H7BO3/c1-23-18-12-10-17(11-13-18)19-14-9-16(15-20(19)22)7-5-3-2-4-6-8-21(24)25;15-12-9-8-11(10-13(12)16)6-4-2-1-3-5-7-14(17)18;8-6-3-1-5(2-4-6)7(9)10/h9-15H,2-8H2,(H,24,25);8-10H,1-7H2,(H,17,18);1-4,8-10H. The molecule has 282 valence electrons. The van der Waals surface area contributed by atoms with Gasteiger partial charge in [-0.2, -0.15) is 0 Å². The molecule has 4 aromatic carbocycles. The van der Waals surface area contributed by atoms with Crippen LogP contribution in [0.5, 0.6) is 5.75 Å². The summed E-state index contributed by atoms with van der Waals surface area (Å²) < 4.78 is 28.1. The topological polar surface area (TPSA) is 140 Å².